The topological polar surface area (TPSA) is 55.6 Å². The van der Waals surface area contributed by atoms with Gasteiger partial charge in [-0.1, -0.05) is 12.1 Å². The highest BCUT2D eigenvalue weighted by Crippen LogP contribution is 2.32. The summed E-state index contributed by atoms with van der Waals surface area (Å²) in [6, 6.07) is 11.9. The lowest BCUT2D eigenvalue weighted by Crippen LogP contribution is -2.35. The van der Waals surface area contributed by atoms with Gasteiger partial charge >= 0.3 is 5.69 Å². The molecule has 0 spiro atoms. The molecule has 0 amide bonds. The lowest BCUT2D eigenvalue weighted by molar-refractivity contribution is -0.385. The Kier molecular flexibility index (Phi) is 7.28. The van der Waals surface area contributed by atoms with Gasteiger partial charge in [0.2, 0.25) is 0 Å². The van der Waals surface area contributed by atoms with Crippen LogP contribution in [0.1, 0.15) is 18.4 Å². The summed E-state index contributed by atoms with van der Waals surface area (Å²) in [5.74, 6) is 1.72. The van der Waals surface area contributed by atoms with Gasteiger partial charge in [0.25, 0.3) is 0 Å². The maximum atomic E-state index is 13.0. The lowest BCUT2D eigenvalue weighted by Gasteiger charge is -2.32. The lowest BCUT2D eigenvalue weighted by atomic mass is 9.90. The molecule has 0 radical (unpaired) electrons. The molecule has 150 valence electrons. The molecule has 2 aromatic carbocycles. The van der Waals surface area contributed by atoms with Crippen molar-refractivity contribution >= 4 is 17.4 Å². The second-order valence-electron chi connectivity index (χ2n) is 7.05. The highest BCUT2D eigenvalue weighted by Gasteiger charge is 2.19. The molecule has 0 atom stereocenters. The van der Waals surface area contributed by atoms with Crippen LogP contribution in [0, 0.1) is 21.8 Å². The smallest absolute Gasteiger partial charge is 0.310 e. The number of hydrogen-bond acceptors (Lipinski definition) is 5. The third kappa shape index (κ3) is 5.69. The largest absolute Gasteiger partial charge is 0.490 e. The third-order valence-electron chi connectivity index (χ3n) is 5.17. The molecule has 1 heterocycles. The summed E-state index contributed by atoms with van der Waals surface area (Å²) in [6.45, 7) is 3.15. The Bertz CT molecular complexity index is 793. The van der Waals surface area contributed by atoms with E-state index < -0.39 is 4.92 Å². The minimum Gasteiger partial charge on any atom is -0.490 e. The van der Waals surface area contributed by atoms with E-state index >= 15 is 0 Å². The number of ether oxygens (including phenoxy) is 1. The van der Waals surface area contributed by atoms with E-state index in [1.807, 2.05) is 12.1 Å². The van der Waals surface area contributed by atoms with Crippen LogP contribution in [-0.4, -0.2) is 42.3 Å². The molecule has 1 aliphatic rings. The fourth-order valence-electron chi connectivity index (χ4n) is 3.56. The predicted molar refractivity (Wildman–Crippen MR) is 110 cm³/mol. The van der Waals surface area contributed by atoms with E-state index in [4.69, 9.17) is 4.74 Å². The number of likely N-dealkylation sites (tertiary alicyclic amines) is 1. The summed E-state index contributed by atoms with van der Waals surface area (Å²) in [4.78, 5) is 14.0. The number of piperidine rings is 1. The van der Waals surface area contributed by atoms with Gasteiger partial charge in [-0.25, -0.2) is 4.39 Å². The Balaban J connectivity index is 1.41. The molecule has 0 aromatic heterocycles. The number of methoxy groups -OCH3 is 1. The number of benzene rings is 2. The fourth-order valence-corrected chi connectivity index (χ4v) is 4.50. The molecule has 0 unspecified atom stereocenters. The van der Waals surface area contributed by atoms with Crippen molar-refractivity contribution in [1.29, 1.82) is 0 Å². The van der Waals surface area contributed by atoms with Crippen molar-refractivity contribution in [3.8, 4) is 5.75 Å². The van der Waals surface area contributed by atoms with Crippen LogP contribution in [0.15, 0.2) is 47.4 Å². The van der Waals surface area contributed by atoms with Crippen molar-refractivity contribution in [2.45, 2.75) is 24.2 Å². The maximum absolute atomic E-state index is 13.0. The van der Waals surface area contributed by atoms with Crippen LogP contribution in [0.3, 0.4) is 0 Å². The number of nitro benzene ring substituents is 1. The second-order valence-corrected chi connectivity index (χ2v) is 8.22. The molecule has 0 bridgehead atoms. The molecule has 1 saturated heterocycles. The van der Waals surface area contributed by atoms with Gasteiger partial charge in [-0.15, -0.1) is 11.8 Å². The summed E-state index contributed by atoms with van der Waals surface area (Å²) < 4.78 is 18.1. The highest BCUT2D eigenvalue weighted by molar-refractivity contribution is 7.99. The number of halogens is 1. The van der Waals surface area contributed by atoms with Gasteiger partial charge in [-0.3, -0.25) is 10.1 Å². The molecular formula is C21H25FN2O3S. The molecule has 2 aromatic rings. The van der Waals surface area contributed by atoms with Crippen molar-refractivity contribution in [1.82, 2.24) is 4.90 Å². The number of nitro groups is 1. The highest BCUT2D eigenvalue weighted by atomic mass is 32.2. The Hall–Kier alpha value is -2.12. The SMILES string of the molecule is COc1cc(SCCN2CCC(Cc3ccc(F)cc3)CC2)ccc1[N+](=O)[O-]. The van der Waals surface area contributed by atoms with Gasteiger partial charge in [-0.2, -0.15) is 0 Å². The Morgan fingerprint density at radius 2 is 1.93 bits per heavy atom. The summed E-state index contributed by atoms with van der Waals surface area (Å²) in [7, 11) is 1.45. The van der Waals surface area contributed by atoms with Crippen molar-refractivity contribution in [2.24, 2.45) is 5.92 Å². The van der Waals surface area contributed by atoms with Crippen molar-refractivity contribution in [3.05, 3.63) is 64.0 Å². The molecule has 0 aliphatic carbocycles. The third-order valence-corrected chi connectivity index (χ3v) is 6.14. The average Bonchev–Trinajstić information content (AvgIpc) is 2.70. The van der Waals surface area contributed by atoms with E-state index in [0.717, 1.165) is 49.5 Å². The van der Waals surface area contributed by atoms with Gasteiger partial charge in [0.15, 0.2) is 5.75 Å². The van der Waals surface area contributed by atoms with Crippen LogP contribution >= 0.6 is 11.8 Å². The van der Waals surface area contributed by atoms with Crippen LogP contribution in [0.4, 0.5) is 10.1 Å². The van der Waals surface area contributed by atoms with Crippen molar-refractivity contribution < 1.29 is 14.1 Å². The molecule has 1 fully saturated rings. The molecule has 0 saturated carbocycles. The van der Waals surface area contributed by atoms with Crippen LogP contribution in [0.2, 0.25) is 0 Å². The average molecular weight is 405 g/mol. The molecule has 28 heavy (non-hydrogen) atoms. The zero-order chi connectivity index (χ0) is 19.9. The van der Waals surface area contributed by atoms with Crippen molar-refractivity contribution in [2.75, 3.05) is 32.5 Å². The molecule has 0 N–H and O–H groups in total. The minimum atomic E-state index is -0.427. The molecular weight excluding hydrogens is 379 g/mol. The summed E-state index contributed by atoms with van der Waals surface area (Å²) in [5.41, 5.74) is 1.21. The van der Waals surface area contributed by atoms with Gasteiger partial charge in [0.1, 0.15) is 5.82 Å². The van der Waals surface area contributed by atoms with E-state index in [2.05, 4.69) is 4.90 Å². The van der Waals surface area contributed by atoms with E-state index in [0.29, 0.717) is 11.7 Å². The molecule has 7 heteroatoms. The van der Waals surface area contributed by atoms with E-state index in [9.17, 15) is 14.5 Å². The Morgan fingerprint density at radius 1 is 1.21 bits per heavy atom. The van der Waals surface area contributed by atoms with Gasteiger partial charge in [0.05, 0.1) is 12.0 Å². The minimum absolute atomic E-state index is 0.00456. The number of rotatable bonds is 8. The van der Waals surface area contributed by atoms with Crippen LogP contribution in [0.25, 0.3) is 0 Å². The standard InChI is InChI=1S/C21H25FN2O3S/c1-27-21-15-19(6-7-20(21)24(25)26)28-13-12-23-10-8-17(9-11-23)14-16-2-4-18(22)5-3-16/h2-7,15,17H,8-14H2,1H3. The number of hydrogen-bond donors (Lipinski definition) is 0. The van der Waals surface area contributed by atoms with Gasteiger partial charge in [-0.05, 0) is 62.0 Å². The zero-order valence-corrected chi connectivity index (χ0v) is 16.8. The van der Waals surface area contributed by atoms with Crippen LogP contribution in [0.5, 0.6) is 5.75 Å². The quantitative estimate of drug-likeness (QED) is 0.360. The monoisotopic (exact) mass is 404 g/mol. The predicted octanol–water partition coefficient (Wildman–Crippen LogP) is 4.79. The van der Waals surface area contributed by atoms with E-state index in [1.54, 1.807) is 23.9 Å². The first-order chi connectivity index (χ1) is 13.5. The molecule has 1 aliphatic heterocycles. The Labute approximate surface area is 169 Å². The zero-order valence-electron chi connectivity index (χ0n) is 16.0. The maximum Gasteiger partial charge on any atom is 0.310 e. The first kappa shape index (κ1) is 20.6. The van der Waals surface area contributed by atoms with Crippen LogP contribution < -0.4 is 4.74 Å². The summed E-state index contributed by atoms with van der Waals surface area (Å²) in [5, 5.41) is 11.0. The second kappa shape index (κ2) is 9.89. The van der Waals surface area contributed by atoms with E-state index in [1.165, 1.54) is 30.9 Å². The van der Waals surface area contributed by atoms with Crippen molar-refractivity contribution in [3.63, 3.8) is 0 Å². The first-order valence-corrected chi connectivity index (χ1v) is 10.5. The number of nitrogens with zero attached hydrogens (tertiary/aromatic N) is 2. The first-order valence-electron chi connectivity index (χ1n) is 9.47. The van der Waals surface area contributed by atoms with E-state index in [-0.39, 0.29) is 11.5 Å². The number of thioether (sulfide) groups is 1. The normalized spacial score (nSPS) is 15.5. The van der Waals surface area contributed by atoms with Gasteiger partial charge < -0.3 is 9.64 Å². The Morgan fingerprint density at radius 3 is 2.57 bits per heavy atom. The van der Waals surface area contributed by atoms with Crippen LogP contribution in [-0.2, 0) is 6.42 Å². The summed E-state index contributed by atoms with van der Waals surface area (Å²) >= 11 is 1.69. The molecule has 3 rings (SSSR count). The molecule has 5 nitrogen and oxygen atoms in total. The summed E-state index contributed by atoms with van der Waals surface area (Å²) in [6.07, 6.45) is 3.34. The fraction of sp³-hybridized carbons (Fsp3) is 0.429. The van der Waals surface area contributed by atoms with Gasteiger partial charge in [0, 0.05) is 29.3 Å².